The Hall–Kier alpha value is -2.28. The Kier molecular flexibility index (Phi) is 3.80. The fourth-order valence-corrected chi connectivity index (χ4v) is 2.45. The molecule has 0 aliphatic carbocycles. The normalized spacial score (nSPS) is 10.6. The highest BCUT2D eigenvalue weighted by Crippen LogP contribution is 2.31. The lowest BCUT2D eigenvalue weighted by atomic mass is 10.0. The van der Waals surface area contributed by atoms with Gasteiger partial charge in [-0.25, -0.2) is 4.79 Å². The fourth-order valence-electron chi connectivity index (χ4n) is 2.45. The number of benzene rings is 1. The summed E-state index contributed by atoms with van der Waals surface area (Å²) in [7, 11) is 0. The van der Waals surface area contributed by atoms with Gasteiger partial charge in [-0.15, -0.1) is 0 Å². The number of anilines is 1. The van der Waals surface area contributed by atoms with Crippen molar-refractivity contribution in [1.82, 2.24) is 0 Å². The van der Waals surface area contributed by atoms with Gasteiger partial charge in [0.15, 0.2) is 5.56 Å². The molecular weight excluding hydrogens is 252 g/mol. The lowest BCUT2D eigenvalue weighted by molar-refractivity contribution is 0.555. The van der Waals surface area contributed by atoms with Gasteiger partial charge in [0.1, 0.15) is 11.7 Å². The van der Waals surface area contributed by atoms with E-state index in [1.54, 1.807) is 0 Å². The summed E-state index contributed by atoms with van der Waals surface area (Å²) in [6.07, 6.45) is 0. The molecule has 4 heteroatoms. The van der Waals surface area contributed by atoms with Crippen molar-refractivity contribution in [3.05, 3.63) is 39.2 Å². The van der Waals surface area contributed by atoms with Crippen LogP contribution in [-0.2, 0) is 0 Å². The number of nitriles is 1. The lowest BCUT2D eigenvalue weighted by Gasteiger charge is -2.23. The average molecular weight is 270 g/mol. The van der Waals surface area contributed by atoms with Gasteiger partial charge in [0.05, 0.1) is 5.69 Å². The Morgan fingerprint density at radius 2 is 1.90 bits per heavy atom. The van der Waals surface area contributed by atoms with Crippen LogP contribution >= 0.6 is 0 Å². The molecule has 1 heterocycles. The van der Waals surface area contributed by atoms with Gasteiger partial charge in [0.2, 0.25) is 0 Å². The quantitative estimate of drug-likeness (QED) is 0.804. The zero-order chi connectivity index (χ0) is 14.9. The number of nitrogens with zero attached hydrogens (tertiary/aromatic N) is 2. The largest absolute Gasteiger partial charge is 0.421 e. The van der Waals surface area contributed by atoms with E-state index in [4.69, 9.17) is 4.42 Å². The van der Waals surface area contributed by atoms with Crippen molar-refractivity contribution >= 4 is 16.7 Å². The predicted octanol–water partition coefficient (Wildman–Crippen LogP) is 3.13. The van der Waals surface area contributed by atoms with Crippen molar-refractivity contribution < 1.29 is 4.42 Å². The second-order valence-electron chi connectivity index (χ2n) is 4.78. The van der Waals surface area contributed by atoms with Gasteiger partial charge < -0.3 is 9.32 Å². The molecule has 0 bridgehead atoms. The van der Waals surface area contributed by atoms with E-state index in [9.17, 15) is 10.1 Å². The SMILES string of the molecule is CCN(CC)c1c(C#N)c(=O)oc2c(C)c(C)ccc12. The molecule has 1 aromatic carbocycles. The maximum Gasteiger partial charge on any atom is 0.356 e. The number of hydrogen-bond acceptors (Lipinski definition) is 4. The first-order valence-corrected chi connectivity index (χ1v) is 6.77. The van der Waals surface area contributed by atoms with Crippen LogP contribution in [0.5, 0.6) is 0 Å². The molecular formula is C16H18N2O2. The molecule has 2 rings (SSSR count). The van der Waals surface area contributed by atoms with Crippen LogP contribution in [0, 0.1) is 25.2 Å². The van der Waals surface area contributed by atoms with Crippen molar-refractivity contribution in [3.8, 4) is 6.07 Å². The van der Waals surface area contributed by atoms with Gasteiger partial charge in [-0.1, -0.05) is 6.07 Å². The zero-order valence-corrected chi connectivity index (χ0v) is 12.3. The molecule has 2 aromatic rings. The Labute approximate surface area is 118 Å². The van der Waals surface area contributed by atoms with Gasteiger partial charge in [0, 0.05) is 18.5 Å². The third-order valence-electron chi connectivity index (χ3n) is 3.76. The molecule has 20 heavy (non-hydrogen) atoms. The van der Waals surface area contributed by atoms with E-state index in [2.05, 4.69) is 0 Å². The highest BCUT2D eigenvalue weighted by Gasteiger charge is 2.19. The minimum Gasteiger partial charge on any atom is -0.421 e. The molecule has 0 saturated carbocycles. The minimum absolute atomic E-state index is 0.0875. The second-order valence-corrected chi connectivity index (χ2v) is 4.78. The molecule has 0 saturated heterocycles. The summed E-state index contributed by atoms with van der Waals surface area (Å²) < 4.78 is 5.37. The van der Waals surface area contributed by atoms with E-state index in [1.165, 1.54) is 0 Å². The minimum atomic E-state index is -0.560. The van der Waals surface area contributed by atoms with Crippen LogP contribution in [0.4, 0.5) is 5.69 Å². The van der Waals surface area contributed by atoms with E-state index in [1.807, 2.05) is 50.8 Å². The monoisotopic (exact) mass is 270 g/mol. The van der Waals surface area contributed by atoms with Crippen LogP contribution in [0.2, 0.25) is 0 Å². The van der Waals surface area contributed by atoms with Crippen molar-refractivity contribution in [2.45, 2.75) is 27.7 Å². The van der Waals surface area contributed by atoms with Gasteiger partial charge in [-0.3, -0.25) is 0 Å². The molecule has 104 valence electrons. The van der Waals surface area contributed by atoms with E-state index in [-0.39, 0.29) is 5.56 Å². The molecule has 1 aromatic heterocycles. The molecule has 0 atom stereocenters. The molecule has 0 aliphatic heterocycles. The van der Waals surface area contributed by atoms with Gasteiger partial charge in [0.25, 0.3) is 0 Å². The van der Waals surface area contributed by atoms with E-state index in [0.717, 1.165) is 29.6 Å². The molecule has 0 N–H and O–H groups in total. The first-order chi connectivity index (χ1) is 9.54. The Bertz CT molecular complexity index is 750. The number of hydrogen-bond donors (Lipinski definition) is 0. The molecule has 4 nitrogen and oxygen atoms in total. The van der Waals surface area contributed by atoms with Gasteiger partial charge in [-0.2, -0.15) is 5.26 Å². The van der Waals surface area contributed by atoms with Crippen molar-refractivity contribution in [2.24, 2.45) is 0 Å². The van der Waals surface area contributed by atoms with Crippen LogP contribution in [0.1, 0.15) is 30.5 Å². The smallest absolute Gasteiger partial charge is 0.356 e. The Balaban J connectivity index is 2.99. The summed E-state index contributed by atoms with van der Waals surface area (Å²) in [6, 6.07) is 5.91. The molecule has 0 spiro atoms. The summed E-state index contributed by atoms with van der Waals surface area (Å²) in [5, 5.41) is 10.1. The molecule has 0 unspecified atom stereocenters. The molecule has 0 amide bonds. The van der Waals surface area contributed by atoms with Crippen molar-refractivity contribution in [3.63, 3.8) is 0 Å². The maximum absolute atomic E-state index is 12.1. The van der Waals surface area contributed by atoms with E-state index in [0.29, 0.717) is 11.3 Å². The molecule has 0 fully saturated rings. The number of rotatable bonds is 3. The third-order valence-corrected chi connectivity index (χ3v) is 3.76. The van der Waals surface area contributed by atoms with Crippen molar-refractivity contribution in [1.29, 1.82) is 5.26 Å². The maximum atomic E-state index is 12.1. The summed E-state index contributed by atoms with van der Waals surface area (Å²) in [5.74, 6) is 0. The van der Waals surface area contributed by atoms with Crippen LogP contribution in [0.25, 0.3) is 11.0 Å². The highest BCUT2D eigenvalue weighted by molar-refractivity contribution is 5.95. The van der Waals surface area contributed by atoms with E-state index >= 15 is 0 Å². The third kappa shape index (κ3) is 2.05. The standard InChI is InChI=1S/C16H18N2O2/c1-5-18(6-2)14-12-8-7-10(3)11(4)15(12)20-16(19)13(14)9-17/h7-8H,5-6H2,1-4H3. The summed E-state index contributed by atoms with van der Waals surface area (Å²) in [6.45, 7) is 9.38. The average Bonchev–Trinajstić information content (AvgIpc) is 2.44. The molecule has 0 aliphatic rings. The van der Waals surface area contributed by atoms with Gasteiger partial charge in [-0.05, 0) is 44.9 Å². The number of aryl methyl sites for hydroxylation is 2. The van der Waals surface area contributed by atoms with Crippen LogP contribution in [-0.4, -0.2) is 13.1 Å². The van der Waals surface area contributed by atoms with Gasteiger partial charge >= 0.3 is 5.63 Å². The van der Waals surface area contributed by atoms with Crippen LogP contribution in [0.15, 0.2) is 21.3 Å². The summed E-state index contributed by atoms with van der Waals surface area (Å²) in [4.78, 5) is 14.1. The number of fused-ring (bicyclic) bond motifs is 1. The second kappa shape index (κ2) is 5.38. The highest BCUT2D eigenvalue weighted by atomic mass is 16.4. The lowest BCUT2D eigenvalue weighted by Crippen LogP contribution is -2.25. The summed E-state index contributed by atoms with van der Waals surface area (Å²) >= 11 is 0. The van der Waals surface area contributed by atoms with E-state index < -0.39 is 5.63 Å². The van der Waals surface area contributed by atoms with Crippen LogP contribution in [0.3, 0.4) is 0 Å². The Morgan fingerprint density at radius 1 is 1.25 bits per heavy atom. The first kappa shape index (κ1) is 14.1. The fraction of sp³-hybridized carbons (Fsp3) is 0.375. The van der Waals surface area contributed by atoms with Crippen molar-refractivity contribution in [2.75, 3.05) is 18.0 Å². The predicted molar refractivity (Wildman–Crippen MR) is 80.2 cm³/mol. The first-order valence-electron chi connectivity index (χ1n) is 6.77. The van der Waals surface area contributed by atoms with Crippen LogP contribution < -0.4 is 10.5 Å². The Morgan fingerprint density at radius 3 is 2.45 bits per heavy atom. The zero-order valence-electron chi connectivity index (χ0n) is 12.3. The molecule has 0 radical (unpaired) electrons. The summed E-state index contributed by atoms with van der Waals surface area (Å²) in [5.41, 5.74) is 2.80. The topological polar surface area (TPSA) is 57.2 Å².